The van der Waals surface area contributed by atoms with Crippen LogP contribution in [0.1, 0.15) is 65.2 Å². The van der Waals surface area contributed by atoms with Gasteiger partial charge >= 0.3 is 0 Å². The molecule has 1 heterocycles. The van der Waals surface area contributed by atoms with Crippen molar-refractivity contribution in [3.05, 3.63) is 11.6 Å². The van der Waals surface area contributed by atoms with Crippen molar-refractivity contribution in [1.29, 1.82) is 0 Å². The summed E-state index contributed by atoms with van der Waals surface area (Å²) in [5, 5.41) is 0. The van der Waals surface area contributed by atoms with E-state index >= 15 is 0 Å². The largest absolute Gasteiger partial charge is 0.369 e. The van der Waals surface area contributed by atoms with Crippen LogP contribution >= 0.6 is 0 Å². The number of methoxy groups -OCH3 is 2. The predicted molar refractivity (Wildman–Crippen MR) is 97.1 cm³/mol. The van der Waals surface area contributed by atoms with Gasteiger partial charge in [0.15, 0.2) is 5.79 Å². The van der Waals surface area contributed by atoms with E-state index in [1.165, 1.54) is 38.5 Å². The van der Waals surface area contributed by atoms with Crippen LogP contribution in [0.5, 0.6) is 0 Å². The lowest BCUT2D eigenvalue weighted by Gasteiger charge is -2.59. The van der Waals surface area contributed by atoms with Crippen LogP contribution in [0.15, 0.2) is 11.6 Å². The topological polar surface area (TPSA) is 31.0 Å². The number of ether oxygens (including phenoxy) is 3. The van der Waals surface area contributed by atoms with E-state index in [0.717, 1.165) is 37.2 Å². The van der Waals surface area contributed by atoms with Crippen molar-refractivity contribution in [1.82, 2.24) is 0 Å². The molecule has 140 valence electrons. The molecule has 0 bridgehead atoms. The second-order valence-electron chi connectivity index (χ2n) is 10.0. The summed E-state index contributed by atoms with van der Waals surface area (Å²) in [6.07, 6.45) is 12.4. The molecular weight excluding hydrogens is 312 g/mol. The molecule has 3 nitrogen and oxygen atoms in total. The molecule has 3 saturated carbocycles. The Kier molecular flexibility index (Phi) is 3.43. The molecular formula is C22H34O3. The van der Waals surface area contributed by atoms with Gasteiger partial charge in [-0.3, -0.25) is 0 Å². The van der Waals surface area contributed by atoms with Crippen LogP contribution in [0.4, 0.5) is 0 Å². The zero-order valence-electron chi connectivity index (χ0n) is 16.4. The van der Waals surface area contributed by atoms with Crippen molar-refractivity contribution in [2.75, 3.05) is 20.8 Å². The fourth-order valence-corrected chi connectivity index (χ4v) is 7.69. The maximum atomic E-state index is 6.05. The van der Waals surface area contributed by atoms with Crippen LogP contribution in [0.2, 0.25) is 0 Å². The van der Waals surface area contributed by atoms with Crippen molar-refractivity contribution < 1.29 is 14.2 Å². The van der Waals surface area contributed by atoms with Crippen LogP contribution in [-0.4, -0.2) is 32.2 Å². The van der Waals surface area contributed by atoms with Crippen molar-refractivity contribution in [3.8, 4) is 0 Å². The van der Waals surface area contributed by atoms with Gasteiger partial charge in [-0.1, -0.05) is 25.5 Å². The smallest absolute Gasteiger partial charge is 0.171 e. The number of allylic oxidation sites excluding steroid dienone is 1. The van der Waals surface area contributed by atoms with Gasteiger partial charge in [0.25, 0.3) is 0 Å². The lowest BCUT2D eigenvalue weighted by molar-refractivity contribution is -0.227. The van der Waals surface area contributed by atoms with Gasteiger partial charge in [0, 0.05) is 32.5 Å². The summed E-state index contributed by atoms with van der Waals surface area (Å²) in [5.41, 5.74) is 2.67. The summed E-state index contributed by atoms with van der Waals surface area (Å²) in [5.74, 6) is 2.17. The first-order valence-corrected chi connectivity index (χ1v) is 10.4. The SMILES string of the molecule is COC1(OC)CC[C@@]2(C)C(=CC[C@H]3[C@H]4CC[C@@]5(CO5)[C@]4(C)CC[C@@H]32)C1. The van der Waals surface area contributed by atoms with Crippen molar-refractivity contribution in [2.45, 2.75) is 76.6 Å². The molecule has 0 amide bonds. The maximum absolute atomic E-state index is 6.05. The number of epoxide rings is 1. The Morgan fingerprint density at radius 3 is 2.40 bits per heavy atom. The quantitative estimate of drug-likeness (QED) is 0.412. The van der Waals surface area contributed by atoms with E-state index < -0.39 is 0 Å². The molecule has 1 aliphatic heterocycles. The third-order valence-corrected chi connectivity index (χ3v) is 9.64. The molecule has 3 heteroatoms. The summed E-state index contributed by atoms with van der Waals surface area (Å²) in [6.45, 7) is 6.13. The van der Waals surface area contributed by atoms with E-state index in [2.05, 4.69) is 19.9 Å². The zero-order chi connectivity index (χ0) is 17.5. The van der Waals surface area contributed by atoms with E-state index in [0.29, 0.717) is 10.8 Å². The van der Waals surface area contributed by atoms with Crippen LogP contribution in [0.3, 0.4) is 0 Å². The fraction of sp³-hybridized carbons (Fsp3) is 0.909. The standard InChI is InChI=1S/C22H34O3/c1-19-11-12-22(23-3,24-4)13-15(19)5-6-16-17(19)7-9-20(2)18(16)8-10-21(20)14-25-21/h5,16-18H,6-14H2,1-4H3/t16-,17+,18-,19+,20-,21-/m1/s1. The molecule has 4 fully saturated rings. The first-order chi connectivity index (χ1) is 11.9. The van der Waals surface area contributed by atoms with Crippen LogP contribution in [0.25, 0.3) is 0 Å². The number of fused-ring (bicyclic) bond motifs is 6. The highest BCUT2D eigenvalue weighted by Gasteiger charge is 2.69. The second-order valence-corrected chi connectivity index (χ2v) is 10.0. The minimum absolute atomic E-state index is 0.265. The summed E-state index contributed by atoms with van der Waals surface area (Å²) in [4.78, 5) is 0. The molecule has 25 heavy (non-hydrogen) atoms. The summed E-state index contributed by atoms with van der Waals surface area (Å²) in [7, 11) is 3.61. The molecule has 4 aliphatic carbocycles. The highest BCUT2D eigenvalue weighted by Crippen LogP contribution is 2.70. The van der Waals surface area contributed by atoms with Crippen LogP contribution in [0, 0.1) is 28.6 Å². The highest BCUT2D eigenvalue weighted by molar-refractivity contribution is 5.28. The Bertz CT molecular complexity index is 602. The van der Waals surface area contributed by atoms with Gasteiger partial charge in [-0.15, -0.1) is 0 Å². The molecule has 6 atom stereocenters. The third kappa shape index (κ3) is 1.98. The summed E-state index contributed by atoms with van der Waals surface area (Å²) < 4.78 is 17.6. The fourth-order valence-electron chi connectivity index (χ4n) is 7.69. The average molecular weight is 347 g/mol. The monoisotopic (exact) mass is 346 g/mol. The Morgan fingerprint density at radius 1 is 1.00 bits per heavy atom. The van der Waals surface area contributed by atoms with Crippen molar-refractivity contribution >= 4 is 0 Å². The second kappa shape index (κ2) is 5.11. The Balaban J connectivity index is 1.47. The van der Waals surface area contributed by atoms with Crippen molar-refractivity contribution in [2.24, 2.45) is 28.6 Å². The van der Waals surface area contributed by atoms with Gasteiger partial charge in [0.05, 0.1) is 12.2 Å². The van der Waals surface area contributed by atoms with Crippen LogP contribution in [-0.2, 0) is 14.2 Å². The van der Waals surface area contributed by atoms with Gasteiger partial charge in [-0.2, -0.15) is 0 Å². The minimum atomic E-state index is -0.388. The Morgan fingerprint density at radius 2 is 1.72 bits per heavy atom. The minimum Gasteiger partial charge on any atom is -0.369 e. The predicted octanol–water partition coefficient (Wildman–Crippen LogP) is 4.71. The summed E-state index contributed by atoms with van der Waals surface area (Å²) in [6, 6.07) is 0. The van der Waals surface area contributed by atoms with Crippen molar-refractivity contribution in [3.63, 3.8) is 0 Å². The van der Waals surface area contributed by atoms with E-state index in [-0.39, 0.29) is 11.4 Å². The number of rotatable bonds is 2. The average Bonchev–Trinajstić information content (AvgIpc) is 3.35. The van der Waals surface area contributed by atoms with Crippen LogP contribution < -0.4 is 0 Å². The molecule has 0 radical (unpaired) electrons. The van der Waals surface area contributed by atoms with Gasteiger partial charge < -0.3 is 14.2 Å². The lowest BCUT2D eigenvalue weighted by Crippen LogP contribution is -2.53. The highest BCUT2D eigenvalue weighted by atomic mass is 16.7. The Labute approximate surface area is 152 Å². The molecule has 5 aliphatic rings. The Hall–Kier alpha value is -0.380. The molecule has 0 N–H and O–H groups in total. The molecule has 1 saturated heterocycles. The number of hydrogen-bond acceptors (Lipinski definition) is 3. The van der Waals surface area contributed by atoms with E-state index in [9.17, 15) is 0 Å². The molecule has 5 rings (SSSR count). The van der Waals surface area contributed by atoms with Gasteiger partial charge in [-0.25, -0.2) is 0 Å². The first kappa shape index (κ1) is 16.8. The molecule has 1 spiro atoms. The van der Waals surface area contributed by atoms with Gasteiger partial charge in [0.2, 0.25) is 0 Å². The first-order valence-electron chi connectivity index (χ1n) is 10.4. The normalized spacial score (nSPS) is 53.0. The summed E-state index contributed by atoms with van der Waals surface area (Å²) >= 11 is 0. The van der Waals surface area contributed by atoms with E-state index in [1.54, 1.807) is 19.8 Å². The van der Waals surface area contributed by atoms with Gasteiger partial charge in [0.1, 0.15) is 0 Å². The van der Waals surface area contributed by atoms with E-state index in [4.69, 9.17) is 14.2 Å². The van der Waals surface area contributed by atoms with Gasteiger partial charge in [-0.05, 0) is 61.7 Å². The molecule has 0 unspecified atom stereocenters. The molecule has 0 aromatic rings. The lowest BCUT2D eigenvalue weighted by atomic mass is 9.47. The van der Waals surface area contributed by atoms with E-state index in [1.807, 2.05) is 0 Å². The molecule has 0 aromatic heterocycles. The third-order valence-electron chi connectivity index (χ3n) is 9.64. The zero-order valence-corrected chi connectivity index (χ0v) is 16.4. The number of hydrogen-bond donors (Lipinski definition) is 0. The maximum Gasteiger partial charge on any atom is 0.171 e. The molecule has 0 aromatic carbocycles.